The fraction of sp³-hybridized carbons (Fsp3) is 0.333. The highest BCUT2D eigenvalue weighted by molar-refractivity contribution is 7.13. The number of nitrogens with one attached hydrogen (secondary N) is 1. The van der Waals surface area contributed by atoms with Crippen molar-refractivity contribution in [2.45, 2.75) is 32.8 Å². The van der Waals surface area contributed by atoms with Crippen LogP contribution in [-0.4, -0.2) is 16.0 Å². The predicted molar refractivity (Wildman–Crippen MR) is 80.9 cm³/mol. The molecule has 0 saturated carbocycles. The second-order valence-electron chi connectivity index (χ2n) is 4.73. The number of thiazole rings is 1. The molecule has 4 nitrogen and oxygen atoms in total. The third kappa shape index (κ3) is 3.88. The molecular weight excluding hydrogens is 272 g/mol. The monoisotopic (exact) mass is 290 g/mol. The third-order valence-corrected chi connectivity index (χ3v) is 3.85. The molecule has 106 valence electrons. The Morgan fingerprint density at radius 2 is 2.20 bits per heavy atom. The zero-order valence-corrected chi connectivity index (χ0v) is 12.4. The summed E-state index contributed by atoms with van der Waals surface area (Å²) in [6, 6.07) is 8.06. The van der Waals surface area contributed by atoms with E-state index in [2.05, 4.69) is 10.3 Å². The summed E-state index contributed by atoms with van der Waals surface area (Å²) >= 11 is 1.33. The minimum absolute atomic E-state index is 0.0558. The van der Waals surface area contributed by atoms with Gasteiger partial charge in [0.1, 0.15) is 0 Å². The summed E-state index contributed by atoms with van der Waals surface area (Å²) in [5.41, 5.74) is 2.97. The Balaban J connectivity index is 1.88. The van der Waals surface area contributed by atoms with Gasteiger partial charge < -0.3 is 10.4 Å². The fourth-order valence-corrected chi connectivity index (χ4v) is 2.67. The highest BCUT2D eigenvalue weighted by Crippen LogP contribution is 2.20. The number of aromatic nitrogens is 1. The number of aliphatic hydroxyl groups is 1. The Hall–Kier alpha value is -1.72. The predicted octanol–water partition coefficient (Wildman–Crippen LogP) is 3.08. The molecule has 1 atom stereocenters. The van der Waals surface area contributed by atoms with Crippen molar-refractivity contribution in [3.05, 3.63) is 46.5 Å². The molecule has 0 fully saturated rings. The van der Waals surface area contributed by atoms with E-state index in [-0.39, 0.29) is 5.91 Å². The molecule has 1 unspecified atom stereocenters. The van der Waals surface area contributed by atoms with Crippen LogP contribution in [0.2, 0.25) is 0 Å². The van der Waals surface area contributed by atoms with Crippen LogP contribution in [0.25, 0.3) is 0 Å². The lowest BCUT2D eigenvalue weighted by atomic mass is 10.0. The van der Waals surface area contributed by atoms with Crippen molar-refractivity contribution in [3.8, 4) is 0 Å². The van der Waals surface area contributed by atoms with Gasteiger partial charge in [0.25, 0.3) is 0 Å². The van der Waals surface area contributed by atoms with Gasteiger partial charge in [0.15, 0.2) is 5.13 Å². The summed E-state index contributed by atoms with van der Waals surface area (Å²) in [6.45, 7) is 3.70. The zero-order valence-electron chi connectivity index (χ0n) is 11.6. The maximum atomic E-state index is 11.9. The summed E-state index contributed by atoms with van der Waals surface area (Å²) in [5.74, 6) is -0.0558. The smallest absolute Gasteiger partial charge is 0.226 e. The van der Waals surface area contributed by atoms with Crippen LogP contribution in [0.4, 0.5) is 5.13 Å². The van der Waals surface area contributed by atoms with Crippen LogP contribution in [0.5, 0.6) is 0 Å². The molecule has 20 heavy (non-hydrogen) atoms. The number of aliphatic hydroxyl groups excluding tert-OH is 1. The summed E-state index contributed by atoms with van der Waals surface area (Å²) < 4.78 is 0. The average Bonchev–Trinajstić information content (AvgIpc) is 2.86. The van der Waals surface area contributed by atoms with Crippen molar-refractivity contribution in [2.75, 3.05) is 5.32 Å². The molecule has 1 aromatic heterocycles. The largest absolute Gasteiger partial charge is 0.387 e. The Morgan fingerprint density at radius 3 is 2.85 bits per heavy atom. The molecule has 0 spiro atoms. The number of benzene rings is 1. The molecule has 0 aliphatic rings. The Kier molecular flexibility index (Phi) is 4.87. The first kappa shape index (κ1) is 14.7. The lowest BCUT2D eigenvalue weighted by Crippen LogP contribution is -2.12. The van der Waals surface area contributed by atoms with Gasteiger partial charge in [-0.2, -0.15) is 0 Å². The molecule has 0 aliphatic heterocycles. The molecule has 0 radical (unpaired) electrons. The van der Waals surface area contributed by atoms with Gasteiger partial charge in [-0.05, 0) is 31.4 Å². The van der Waals surface area contributed by atoms with E-state index in [1.54, 1.807) is 12.3 Å². The second kappa shape index (κ2) is 6.63. The molecule has 0 aliphatic carbocycles. The van der Waals surface area contributed by atoms with E-state index >= 15 is 0 Å². The van der Waals surface area contributed by atoms with E-state index < -0.39 is 6.10 Å². The Labute approximate surface area is 122 Å². The maximum Gasteiger partial charge on any atom is 0.226 e. The second-order valence-corrected chi connectivity index (χ2v) is 5.59. The van der Waals surface area contributed by atoms with Crippen LogP contribution in [0.3, 0.4) is 0 Å². The highest BCUT2D eigenvalue weighted by atomic mass is 32.1. The molecule has 2 N–H and O–H groups in total. The first-order chi connectivity index (χ1) is 9.56. The number of anilines is 1. The lowest BCUT2D eigenvalue weighted by Gasteiger charge is -2.05. The van der Waals surface area contributed by atoms with E-state index in [1.807, 2.05) is 31.2 Å². The third-order valence-electron chi connectivity index (χ3n) is 3.08. The van der Waals surface area contributed by atoms with E-state index in [4.69, 9.17) is 0 Å². The van der Waals surface area contributed by atoms with Crippen molar-refractivity contribution in [1.82, 2.24) is 4.98 Å². The van der Waals surface area contributed by atoms with Gasteiger partial charge >= 0.3 is 0 Å². The fourth-order valence-electron chi connectivity index (χ4n) is 1.86. The minimum Gasteiger partial charge on any atom is -0.387 e. The average molecular weight is 290 g/mol. The molecule has 1 heterocycles. The number of hydrogen-bond acceptors (Lipinski definition) is 4. The molecule has 0 saturated heterocycles. The number of carbonyl (C=O) groups excluding carboxylic acids is 1. The number of amides is 1. The van der Waals surface area contributed by atoms with Crippen LogP contribution in [0.15, 0.2) is 29.6 Å². The summed E-state index contributed by atoms with van der Waals surface area (Å²) in [6.07, 6.45) is 0.533. The van der Waals surface area contributed by atoms with Gasteiger partial charge in [0.2, 0.25) is 5.91 Å². The first-order valence-corrected chi connectivity index (χ1v) is 7.42. The number of rotatable bonds is 5. The standard InChI is InChI=1S/C15H18N2O2S/c1-10-5-3-4-6-12(10)7-8-14(19)17-15-16-13(9-20-15)11(2)18/h3-6,9,11,18H,7-8H2,1-2H3,(H,16,17,19). The molecule has 2 aromatic rings. The van der Waals surface area contributed by atoms with Gasteiger partial charge in [0, 0.05) is 11.8 Å². The number of carbonyl (C=O) groups is 1. The number of hydrogen-bond donors (Lipinski definition) is 2. The minimum atomic E-state index is -0.608. The molecular formula is C15H18N2O2S. The van der Waals surface area contributed by atoms with Crippen molar-refractivity contribution in [3.63, 3.8) is 0 Å². The summed E-state index contributed by atoms with van der Waals surface area (Å²) in [4.78, 5) is 16.0. The number of aryl methyl sites for hydroxylation is 2. The van der Waals surface area contributed by atoms with Crippen molar-refractivity contribution >= 4 is 22.4 Å². The summed E-state index contributed by atoms with van der Waals surface area (Å²) in [5, 5.41) is 14.4. The molecule has 0 bridgehead atoms. The van der Waals surface area contributed by atoms with Gasteiger partial charge in [-0.15, -0.1) is 11.3 Å². The van der Waals surface area contributed by atoms with Crippen LogP contribution in [-0.2, 0) is 11.2 Å². The van der Waals surface area contributed by atoms with Gasteiger partial charge in [0.05, 0.1) is 11.8 Å². The van der Waals surface area contributed by atoms with Crippen LogP contribution < -0.4 is 5.32 Å². The molecule has 1 amide bonds. The van der Waals surface area contributed by atoms with Gasteiger partial charge in [-0.3, -0.25) is 4.79 Å². The Morgan fingerprint density at radius 1 is 1.45 bits per heavy atom. The topological polar surface area (TPSA) is 62.2 Å². The quantitative estimate of drug-likeness (QED) is 0.889. The highest BCUT2D eigenvalue weighted by Gasteiger charge is 2.10. The van der Waals surface area contributed by atoms with E-state index in [0.29, 0.717) is 23.7 Å². The van der Waals surface area contributed by atoms with E-state index in [0.717, 1.165) is 0 Å². The Bertz CT molecular complexity index is 593. The summed E-state index contributed by atoms with van der Waals surface area (Å²) in [7, 11) is 0. The molecule has 5 heteroatoms. The van der Waals surface area contributed by atoms with Crippen LogP contribution >= 0.6 is 11.3 Å². The van der Waals surface area contributed by atoms with Gasteiger partial charge in [-0.1, -0.05) is 24.3 Å². The zero-order chi connectivity index (χ0) is 14.5. The van der Waals surface area contributed by atoms with E-state index in [9.17, 15) is 9.90 Å². The number of nitrogens with zero attached hydrogens (tertiary/aromatic N) is 1. The SMILES string of the molecule is Cc1ccccc1CCC(=O)Nc1nc(C(C)O)cs1. The van der Waals surface area contributed by atoms with Crippen LogP contribution in [0.1, 0.15) is 36.3 Å². The maximum absolute atomic E-state index is 11.9. The molecule has 1 aromatic carbocycles. The first-order valence-electron chi connectivity index (χ1n) is 6.54. The van der Waals surface area contributed by atoms with E-state index in [1.165, 1.54) is 22.5 Å². The normalized spacial score (nSPS) is 12.2. The molecule has 2 rings (SSSR count). The van der Waals surface area contributed by atoms with Crippen molar-refractivity contribution in [2.24, 2.45) is 0 Å². The van der Waals surface area contributed by atoms with Crippen molar-refractivity contribution in [1.29, 1.82) is 0 Å². The lowest BCUT2D eigenvalue weighted by molar-refractivity contribution is -0.116. The van der Waals surface area contributed by atoms with Gasteiger partial charge in [-0.25, -0.2) is 4.98 Å². The van der Waals surface area contributed by atoms with Crippen LogP contribution in [0, 0.1) is 6.92 Å². The van der Waals surface area contributed by atoms with Crippen molar-refractivity contribution < 1.29 is 9.90 Å².